The van der Waals surface area contributed by atoms with Crippen molar-refractivity contribution in [2.45, 2.75) is 51.2 Å². The fourth-order valence-corrected chi connectivity index (χ4v) is 2.58. The number of aromatic nitrogens is 1. The molecule has 0 aliphatic heterocycles. The highest BCUT2D eigenvalue weighted by Gasteiger charge is 2.30. The van der Waals surface area contributed by atoms with Crippen molar-refractivity contribution in [3.05, 3.63) is 16.1 Å². The van der Waals surface area contributed by atoms with E-state index in [2.05, 4.69) is 22.6 Å². The Morgan fingerprint density at radius 1 is 1.67 bits per heavy atom. The molecule has 1 heterocycles. The Bertz CT molecular complexity index is 328. The third kappa shape index (κ3) is 2.56. The molecule has 0 amide bonds. The second-order valence-corrected chi connectivity index (χ2v) is 5.62. The van der Waals surface area contributed by atoms with E-state index in [0.717, 1.165) is 17.2 Å². The molecule has 0 bridgehead atoms. The van der Waals surface area contributed by atoms with Gasteiger partial charge in [-0.3, -0.25) is 0 Å². The molecule has 1 aliphatic carbocycles. The molecule has 1 aromatic rings. The largest absolute Gasteiger partial charge is 0.322 e. The average molecular weight is 225 g/mol. The van der Waals surface area contributed by atoms with E-state index < -0.39 is 0 Å². The molecule has 0 saturated heterocycles. The molecule has 1 atom stereocenters. The lowest BCUT2D eigenvalue weighted by atomic mass is 9.78. The number of nitrogens with two attached hydrogens (primary N) is 1. The van der Waals surface area contributed by atoms with Crippen LogP contribution >= 0.6 is 11.3 Å². The number of hydrogen-bond donors (Lipinski definition) is 2. The molecule has 15 heavy (non-hydrogen) atoms. The summed E-state index contributed by atoms with van der Waals surface area (Å²) in [5, 5.41) is 6.71. The smallest absolute Gasteiger partial charge is 0.109 e. The monoisotopic (exact) mass is 225 g/mol. The lowest BCUT2D eigenvalue weighted by molar-refractivity contribution is 0.206. The predicted molar refractivity (Wildman–Crippen MR) is 63.8 cm³/mol. The first-order valence-corrected chi connectivity index (χ1v) is 6.42. The van der Waals surface area contributed by atoms with E-state index in [4.69, 9.17) is 5.73 Å². The Morgan fingerprint density at radius 3 is 2.87 bits per heavy atom. The number of thiazole rings is 1. The number of hydrogen-bond acceptors (Lipinski definition) is 4. The van der Waals surface area contributed by atoms with Gasteiger partial charge in [-0.25, -0.2) is 4.98 Å². The topological polar surface area (TPSA) is 50.9 Å². The molecule has 1 aromatic heterocycles. The maximum atomic E-state index is 5.77. The lowest BCUT2D eigenvalue weighted by Gasteiger charge is -2.39. The van der Waals surface area contributed by atoms with Crippen molar-refractivity contribution in [3.8, 4) is 0 Å². The fourth-order valence-electron chi connectivity index (χ4n) is 1.80. The van der Waals surface area contributed by atoms with E-state index in [9.17, 15) is 0 Å². The quantitative estimate of drug-likeness (QED) is 0.826. The molecule has 0 spiro atoms. The van der Waals surface area contributed by atoms with Crippen LogP contribution in [0.3, 0.4) is 0 Å². The number of nitrogens with one attached hydrogen (secondary N) is 1. The molecule has 3 nitrogen and oxygen atoms in total. The molecule has 1 unspecified atom stereocenters. The van der Waals surface area contributed by atoms with E-state index in [1.54, 1.807) is 11.3 Å². The Kier molecular flexibility index (Phi) is 3.09. The van der Waals surface area contributed by atoms with Gasteiger partial charge in [0.15, 0.2) is 0 Å². The van der Waals surface area contributed by atoms with Gasteiger partial charge < -0.3 is 11.1 Å². The first kappa shape index (κ1) is 11.0. The van der Waals surface area contributed by atoms with Gasteiger partial charge in [-0.2, -0.15) is 0 Å². The van der Waals surface area contributed by atoms with Crippen LogP contribution in [-0.2, 0) is 6.54 Å². The Labute approximate surface area is 95.1 Å². The van der Waals surface area contributed by atoms with Crippen LogP contribution < -0.4 is 11.1 Å². The maximum absolute atomic E-state index is 5.77. The van der Waals surface area contributed by atoms with Crippen LogP contribution in [0.25, 0.3) is 0 Å². The van der Waals surface area contributed by atoms with E-state index in [-0.39, 0.29) is 6.04 Å². The van der Waals surface area contributed by atoms with Gasteiger partial charge >= 0.3 is 0 Å². The molecule has 1 aliphatic rings. The van der Waals surface area contributed by atoms with E-state index in [0.29, 0.717) is 5.54 Å². The minimum Gasteiger partial charge on any atom is -0.322 e. The summed E-state index contributed by atoms with van der Waals surface area (Å²) in [5.74, 6) is 0. The third-order valence-electron chi connectivity index (χ3n) is 3.11. The summed E-state index contributed by atoms with van der Waals surface area (Å²) in [4.78, 5) is 4.50. The van der Waals surface area contributed by atoms with Crippen molar-refractivity contribution < 1.29 is 0 Å². The van der Waals surface area contributed by atoms with Crippen LogP contribution in [0.15, 0.2) is 5.38 Å². The Morgan fingerprint density at radius 2 is 2.40 bits per heavy atom. The molecule has 0 radical (unpaired) electrons. The van der Waals surface area contributed by atoms with Crippen LogP contribution in [0.5, 0.6) is 0 Å². The molecule has 1 fully saturated rings. The predicted octanol–water partition coefficient (Wildman–Crippen LogP) is 2.20. The molecule has 2 rings (SSSR count). The van der Waals surface area contributed by atoms with Gasteiger partial charge in [-0.05, 0) is 33.1 Å². The van der Waals surface area contributed by atoms with Crippen molar-refractivity contribution >= 4 is 11.3 Å². The molecule has 84 valence electrons. The van der Waals surface area contributed by atoms with Gasteiger partial charge in [-0.15, -0.1) is 11.3 Å². The van der Waals surface area contributed by atoms with Crippen LogP contribution in [-0.4, -0.2) is 10.5 Å². The van der Waals surface area contributed by atoms with Gasteiger partial charge in [0, 0.05) is 17.5 Å². The van der Waals surface area contributed by atoms with Crippen molar-refractivity contribution in [3.63, 3.8) is 0 Å². The van der Waals surface area contributed by atoms with Crippen LogP contribution in [0.1, 0.15) is 49.9 Å². The van der Waals surface area contributed by atoms with E-state index in [1.165, 1.54) is 19.3 Å². The zero-order chi connectivity index (χ0) is 10.9. The summed E-state index contributed by atoms with van der Waals surface area (Å²) in [5.41, 5.74) is 7.26. The van der Waals surface area contributed by atoms with Crippen molar-refractivity contribution in [2.75, 3.05) is 0 Å². The average Bonchev–Trinajstić information content (AvgIpc) is 2.60. The molecule has 4 heteroatoms. The first-order chi connectivity index (χ1) is 7.09. The summed E-state index contributed by atoms with van der Waals surface area (Å²) < 4.78 is 0. The maximum Gasteiger partial charge on any atom is 0.109 e. The van der Waals surface area contributed by atoms with Gasteiger partial charge in [-0.1, -0.05) is 0 Å². The molecule has 1 saturated carbocycles. The zero-order valence-electron chi connectivity index (χ0n) is 9.42. The van der Waals surface area contributed by atoms with Gasteiger partial charge in [0.25, 0.3) is 0 Å². The summed E-state index contributed by atoms with van der Waals surface area (Å²) in [7, 11) is 0. The van der Waals surface area contributed by atoms with Crippen molar-refractivity contribution in [1.82, 2.24) is 10.3 Å². The standard InChI is InChI=1S/C11H19N3S/c1-8(12)10-14-9(7-15-10)6-13-11(2)4-3-5-11/h7-8,13H,3-6,12H2,1-2H3. The van der Waals surface area contributed by atoms with Crippen LogP contribution in [0.4, 0.5) is 0 Å². The SMILES string of the molecule is CC(N)c1nc(CNC2(C)CCC2)cs1. The Balaban J connectivity index is 1.88. The number of nitrogens with zero attached hydrogens (tertiary/aromatic N) is 1. The fraction of sp³-hybridized carbons (Fsp3) is 0.727. The third-order valence-corrected chi connectivity index (χ3v) is 4.21. The van der Waals surface area contributed by atoms with Crippen molar-refractivity contribution in [2.24, 2.45) is 5.73 Å². The molecule has 3 N–H and O–H groups in total. The minimum atomic E-state index is 0.0584. The van der Waals surface area contributed by atoms with Gasteiger partial charge in [0.1, 0.15) is 5.01 Å². The zero-order valence-corrected chi connectivity index (χ0v) is 10.2. The molecular formula is C11H19N3S. The van der Waals surface area contributed by atoms with Crippen LogP contribution in [0.2, 0.25) is 0 Å². The van der Waals surface area contributed by atoms with Crippen LogP contribution in [0, 0.1) is 0 Å². The molecular weight excluding hydrogens is 206 g/mol. The second kappa shape index (κ2) is 4.20. The normalized spacial score (nSPS) is 21.0. The lowest BCUT2D eigenvalue weighted by Crippen LogP contribution is -2.47. The highest BCUT2D eigenvalue weighted by molar-refractivity contribution is 7.09. The van der Waals surface area contributed by atoms with Crippen molar-refractivity contribution in [1.29, 1.82) is 0 Å². The highest BCUT2D eigenvalue weighted by Crippen LogP contribution is 2.31. The summed E-state index contributed by atoms with van der Waals surface area (Å²) in [6, 6.07) is 0.0584. The van der Waals surface area contributed by atoms with E-state index in [1.807, 2.05) is 6.92 Å². The highest BCUT2D eigenvalue weighted by atomic mass is 32.1. The summed E-state index contributed by atoms with van der Waals surface area (Å²) >= 11 is 1.66. The van der Waals surface area contributed by atoms with E-state index >= 15 is 0 Å². The van der Waals surface area contributed by atoms with Gasteiger partial charge in [0.2, 0.25) is 0 Å². The minimum absolute atomic E-state index is 0.0584. The number of rotatable bonds is 4. The molecule has 0 aromatic carbocycles. The second-order valence-electron chi connectivity index (χ2n) is 4.73. The first-order valence-electron chi connectivity index (χ1n) is 5.54. The Hall–Kier alpha value is -0.450. The van der Waals surface area contributed by atoms with Gasteiger partial charge in [0.05, 0.1) is 11.7 Å². The summed E-state index contributed by atoms with van der Waals surface area (Å²) in [6.45, 7) is 5.14. The summed E-state index contributed by atoms with van der Waals surface area (Å²) in [6.07, 6.45) is 3.93.